The number of anilines is 1. The molecule has 0 bridgehead atoms. The molecule has 1 saturated heterocycles. The Balaban J connectivity index is 1.45. The van der Waals surface area contributed by atoms with Crippen molar-refractivity contribution in [2.24, 2.45) is 0 Å². The number of aromatic nitrogens is 1. The second-order valence-corrected chi connectivity index (χ2v) is 7.36. The summed E-state index contributed by atoms with van der Waals surface area (Å²) in [5.41, 5.74) is 9.80. The van der Waals surface area contributed by atoms with Gasteiger partial charge in [-0.15, -0.1) is 0 Å². The molecule has 0 saturated carbocycles. The maximum Gasteiger partial charge on any atom is 0.256 e. The molecule has 28 heavy (non-hydrogen) atoms. The lowest BCUT2D eigenvalue weighted by Gasteiger charge is -2.26. The van der Waals surface area contributed by atoms with Crippen molar-refractivity contribution in [3.63, 3.8) is 0 Å². The van der Waals surface area contributed by atoms with Crippen molar-refractivity contribution in [2.45, 2.75) is 25.8 Å². The number of rotatable bonds is 6. The fourth-order valence-corrected chi connectivity index (χ4v) is 3.83. The third kappa shape index (κ3) is 4.04. The molecule has 2 aromatic carbocycles. The van der Waals surface area contributed by atoms with Gasteiger partial charge in [0.15, 0.2) is 0 Å². The number of aryl methyl sites for hydroxylation is 2. The predicted molar refractivity (Wildman–Crippen MR) is 112 cm³/mol. The molecule has 1 amide bonds. The Kier molecular flexibility index (Phi) is 5.63. The number of benzene rings is 2. The van der Waals surface area contributed by atoms with Gasteiger partial charge in [0.2, 0.25) is 0 Å². The molecule has 146 valence electrons. The minimum atomic E-state index is 0.111. The number of nitrogen functional groups attached to an aromatic ring is 1. The molecule has 0 radical (unpaired) electrons. The standard InChI is InChI=1S/C23H27N3O2/c24-19-10-8-18(9-11-19)5-3-4-12-26-17-21(20-6-1-2-7-22(20)26)23(27)25-13-15-28-16-14-25/h1-2,6-11,17H,3-5,12-16,24H2. The van der Waals surface area contributed by atoms with Crippen LogP contribution in [0.4, 0.5) is 5.69 Å². The molecule has 0 aliphatic carbocycles. The van der Waals surface area contributed by atoms with Crippen molar-refractivity contribution < 1.29 is 9.53 Å². The second kappa shape index (κ2) is 8.48. The lowest BCUT2D eigenvalue weighted by atomic mass is 10.1. The van der Waals surface area contributed by atoms with Crippen LogP contribution in [0.25, 0.3) is 10.9 Å². The van der Waals surface area contributed by atoms with Crippen LogP contribution in [0.1, 0.15) is 28.8 Å². The highest BCUT2D eigenvalue weighted by atomic mass is 16.5. The maximum absolute atomic E-state index is 13.0. The molecule has 5 nitrogen and oxygen atoms in total. The van der Waals surface area contributed by atoms with Crippen molar-refractivity contribution in [3.05, 3.63) is 65.9 Å². The number of carbonyl (C=O) groups is 1. The first-order valence-corrected chi connectivity index (χ1v) is 10.0. The zero-order valence-corrected chi connectivity index (χ0v) is 16.1. The van der Waals surface area contributed by atoms with Gasteiger partial charge in [0.05, 0.1) is 18.8 Å². The first-order valence-electron chi connectivity index (χ1n) is 10.0. The number of carbonyl (C=O) groups excluding carboxylic acids is 1. The fraction of sp³-hybridized carbons (Fsp3) is 0.348. The van der Waals surface area contributed by atoms with E-state index in [-0.39, 0.29) is 5.91 Å². The van der Waals surface area contributed by atoms with Crippen molar-refractivity contribution in [1.82, 2.24) is 9.47 Å². The van der Waals surface area contributed by atoms with Crippen molar-refractivity contribution in [1.29, 1.82) is 0 Å². The maximum atomic E-state index is 13.0. The van der Waals surface area contributed by atoms with Gasteiger partial charge in [-0.25, -0.2) is 0 Å². The summed E-state index contributed by atoms with van der Waals surface area (Å²) in [5, 5.41) is 1.04. The zero-order valence-electron chi connectivity index (χ0n) is 16.1. The monoisotopic (exact) mass is 377 g/mol. The highest BCUT2D eigenvalue weighted by Gasteiger charge is 2.22. The minimum Gasteiger partial charge on any atom is -0.399 e. The Morgan fingerprint density at radius 1 is 1.00 bits per heavy atom. The molecule has 2 heterocycles. The summed E-state index contributed by atoms with van der Waals surface area (Å²) in [6.45, 7) is 3.48. The Bertz CT molecular complexity index is 940. The van der Waals surface area contributed by atoms with E-state index in [1.165, 1.54) is 5.56 Å². The molecule has 0 unspecified atom stereocenters. The van der Waals surface area contributed by atoms with Crippen LogP contribution in [0.3, 0.4) is 0 Å². The quantitative estimate of drug-likeness (QED) is 0.526. The minimum absolute atomic E-state index is 0.111. The molecule has 1 fully saturated rings. The fourth-order valence-electron chi connectivity index (χ4n) is 3.83. The van der Waals surface area contributed by atoms with Gasteiger partial charge in [0.1, 0.15) is 0 Å². The summed E-state index contributed by atoms with van der Waals surface area (Å²) in [5.74, 6) is 0.111. The van der Waals surface area contributed by atoms with Crippen LogP contribution in [0, 0.1) is 0 Å². The molecule has 1 aromatic heterocycles. The summed E-state index contributed by atoms with van der Waals surface area (Å²) in [6, 6.07) is 16.3. The Morgan fingerprint density at radius 2 is 1.75 bits per heavy atom. The summed E-state index contributed by atoms with van der Waals surface area (Å²) >= 11 is 0. The highest BCUT2D eigenvalue weighted by molar-refractivity contribution is 6.07. The number of hydrogen-bond acceptors (Lipinski definition) is 3. The van der Waals surface area contributed by atoms with Gasteiger partial charge in [-0.3, -0.25) is 4.79 Å². The normalized spacial score (nSPS) is 14.5. The smallest absolute Gasteiger partial charge is 0.256 e. The van der Waals surface area contributed by atoms with E-state index < -0.39 is 0 Å². The van der Waals surface area contributed by atoms with E-state index in [2.05, 4.69) is 22.8 Å². The van der Waals surface area contributed by atoms with Gasteiger partial charge in [0.25, 0.3) is 5.91 Å². The van der Waals surface area contributed by atoms with Gasteiger partial charge < -0.3 is 19.9 Å². The van der Waals surface area contributed by atoms with Crippen LogP contribution in [-0.4, -0.2) is 41.7 Å². The van der Waals surface area contributed by atoms with Gasteiger partial charge >= 0.3 is 0 Å². The third-order valence-corrected chi connectivity index (χ3v) is 5.41. The number of unbranched alkanes of at least 4 members (excludes halogenated alkanes) is 1. The van der Waals surface area contributed by atoms with E-state index in [1.54, 1.807) is 0 Å². The largest absolute Gasteiger partial charge is 0.399 e. The Hall–Kier alpha value is -2.79. The zero-order chi connectivity index (χ0) is 19.3. The van der Waals surface area contributed by atoms with Gasteiger partial charge in [-0.05, 0) is 43.0 Å². The van der Waals surface area contributed by atoms with Crippen LogP contribution in [0.15, 0.2) is 54.7 Å². The van der Waals surface area contributed by atoms with E-state index in [0.29, 0.717) is 26.3 Å². The van der Waals surface area contributed by atoms with E-state index >= 15 is 0 Å². The van der Waals surface area contributed by atoms with E-state index in [1.807, 2.05) is 41.4 Å². The number of fused-ring (bicyclic) bond motifs is 1. The van der Waals surface area contributed by atoms with Crippen LogP contribution in [0.5, 0.6) is 0 Å². The van der Waals surface area contributed by atoms with E-state index in [9.17, 15) is 4.79 Å². The number of para-hydroxylation sites is 1. The van der Waals surface area contributed by atoms with Crippen molar-refractivity contribution >= 4 is 22.5 Å². The summed E-state index contributed by atoms with van der Waals surface area (Å²) < 4.78 is 7.61. The number of hydrogen-bond donors (Lipinski definition) is 1. The SMILES string of the molecule is Nc1ccc(CCCCn2cc(C(=O)N3CCOCC3)c3ccccc32)cc1. The molecule has 1 aliphatic heterocycles. The number of amides is 1. The molecular weight excluding hydrogens is 350 g/mol. The number of ether oxygens (including phenoxy) is 1. The lowest BCUT2D eigenvalue weighted by molar-refractivity contribution is 0.0304. The summed E-state index contributed by atoms with van der Waals surface area (Å²) in [6.07, 6.45) is 5.24. The summed E-state index contributed by atoms with van der Waals surface area (Å²) in [7, 11) is 0. The molecule has 2 N–H and O–H groups in total. The first kappa shape index (κ1) is 18.6. The predicted octanol–water partition coefficient (Wildman–Crippen LogP) is 3.72. The van der Waals surface area contributed by atoms with E-state index in [0.717, 1.165) is 48.0 Å². The molecule has 5 heteroatoms. The third-order valence-electron chi connectivity index (χ3n) is 5.41. The van der Waals surface area contributed by atoms with Gasteiger partial charge in [-0.2, -0.15) is 0 Å². The molecule has 3 aromatic rings. The number of nitrogens with zero attached hydrogens (tertiary/aromatic N) is 2. The van der Waals surface area contributed by atoms with Crippen LogP contribution in [-0.2, 0) is 17.7 Å². The van der Waals surface area contributed by atoms with Crippen molar-refractivity contribution in [2.75, 3.05) is 32.0 Å². The number of nitrogens with two attached hydrogens (primary N) is 1. The van der Waals surface area contributed by atoms with Gasteiger partial charge in [0, 0.05) is 42.4 Å². The van der Waals surface area contributed by atoms with Crippen molar-refractivity contribution in [3.8, 4) is 0 Å². The summed E-state index contributed by atoms with van der Waals surface area (Å²) in [4.78, 5) is 14.9. The molecule has 0 spiro atoms. The average Bonchev–Trinajstić information content (AvgIpc) is 3.11. The van der Waals surface area contributed by atoms with Crippen LogP contribution < -0.4 is 5.73 Å². The first-order chi connectivity index (χ1) is 13.7. The number of morpholine rings is 1. The topological polar surface area (TPSA) is 60.5 Å². The molecule has 4 rings (SSSR count). The lowest BCUT2D eigenvalue weighted by Crippen LogP contribution is -2.40. The van der Waals surface area contributed by atoms with Crippen LogP contribution in [0.2, 0.25) is 0 Å². The Labute approximate surface area is 165 Å². The van der Waals surface area contributed by atoms with E-state index in [4.69, 9.17) is 10.5 Å². The molecule has 0 atom stereocenters. The second-order valence-electron chi connectivity index (χ2n) is 7.36. The Morgan fingerprint density at radius 3 is 2.54 bits per heavy atom. The average molecular weight is 377 g/mol. The highest BCUT2D eigenvalue weighted by Crippen LogP contribution is 2.24. The molecule has 1 aliphatic rings. The molecular formula is C23H27N3O2. The van der Waals surface area contributed by atoms with Crippen LogP contribution >= 0.6 is 0 Å². The van der Waals surface area contributed by atoms with Gasteiger partial charge in [-0.1, -0.05) is 30.3 Å².